The fraction of sp³-hybridized carbons (Fsp3) is 0.111. The lowest BCUT2D eigenvalue weighted by Crippen LogP contribution is -1.98. The molecule has 25 heavy (non-hydrogen) atoms. The van der Waals surface area contributed by atoms with Crippen molar-refractivity contribution in [2.75, 3.05) is 0 Å². The van der Waals surface area contributed by atoms with E-state index < -0.39 is 0 Å². The fourth-order valence-corrected chi connectivity index (χ4v) is 3.22. The first-order valence-electron chi connectivity index (χ1n) is 7.89. The number of aromatic amines is 2. The van der Waals surface area contributed by atoms with Crippen molar-refractivity contribution >= 4 is 23.1 Å². The van der Waals surface area contributed by atoms with E-state index in [9.17, 15) is 10.2 Å². The van der Waals surface area contributed by atoms with Gasteiger partial charge in [0.15, 0.2) is 10.6 Å². The number of nitrogens with zero attached hydrogens (tertiary/aromatic N) is 2. The average Bonchev–Trinajstić information content (AvgIpc) is 3.18. The molecule has 0 saturated carbocycles. The molecule has 126 valence electrons. The Labute approximate surface area is 148 Å². The lowest BCUT2D eigenvalue weighted by molar-refractivity contribution is 0.451. The Hall–Kier alpha value is -3.06. The van der Waals surface area contributed by atoms with Crippen LogP contribution >= 0.6 is 12.2 Å². The highest BCUT2D eigenvalue weighted by Gasteiger charge is 2.17. The van der Waals surface area contributed by atoms with Gasteiger partial charge < -0.3 is 15.2 Å². The van der Waals surface area contributed by atoms with E-state index in [0.29, 0.717) is 16.2 Å². The van der Waals surface area contributed by atoms with E-state index >= 15 is 0 Å². The van der Waals surface area contributed by atoms with Gasteiger partial charge in [0.25, 0.3) is 0 Å². The molecule has 0 aliphatic rings. The largest absolute Gasteiger partial charge is 0.508 e. The molecule has 0 bridgehead atoms. The van der Waals surface area contributed by atoms with Gasteiger partial charge in [0.2, 0.25) is 0 Å². The van der Waals surface area contributed by atoms with Crippen LogP contribution in [0.2, 0.25) is 0 Å². The van der Waals surface area contributed by atoms with Crippen LogP contribution in [0.25, 0.3) is 28.0 Å². The van der Waals surface area contributed by atoms with Crippen LogP contribution in [0, 0.1) is 4.77 Å². The van der Waals surface area contributed by atoms with Gasteiger partial charge in [-0.3, -0.25) is 9.67 Å². The molecule has 2 aromatic heterocycles. The standard InChI is InChI=1S/C18H16N4O2S/c1-2-10-8-13-14(19-10)4-3-5-15(13)22-17(20-21-18(22)25)12-7-6-11(23)9-16(12)24/h3-9,19,23-24H,2H2,1H3,(H,21,25). The minimum atomic E-state index is -0.0641. The lowest BCUT2D eigenvalue weighted by Gasteiger charge is -2.09. The molecule has 2 heterocycles. The number of aromatic hydroxyl groups is 2. The molecule has 0 aliphatic heterocycles. The number of phenolic OH excluding ortho intramolecular Hbond substituents is 2. The van der Waals surface area contributed by atoms with E-state index in [0.717, 1.165) is 28.7 Å². The second kappa shape index (κ2) is 5.78. The summed E-state index contributed by atoms with van der Waals surface area (Å²) in [6.45, 7) is 2.09. The molecule has 0 fully saturated rings. The first-order valence-corrected chi connectivity index (χ1v) is 8.30. The Kier molecular flexibility index (Phi) is 3.58. The van der Waals surface area contributed by atoms with Gasteiger partial charge in [-0.05, 0) is 49.0 Å². The van der Waals surface area contributed by atoms with E-state index in [4.69, 9.17) is 12.2 Å². The van der Waals surface area contributed by atoms with Gasteiger partial charge >= 0.3 is 0 Å². The molecule has 0 saturated heterocycles. The number of H-pyrrole nitrogens is 2. The molecule has 6 nitrogen and oxygen atoms in total. The van der Waals surface area contributed by atoms with Gasteiger partial charge in [-0.1, -0.05) is 13.0 Å². The van der Waals surface area contributed by atoms with Gasteiger partial charge in [0.1, 0.15) is 11.5 Å². The van der Waals surface area contributed by atoms with Crippen molar-refractivity contribution < 1.29 is 10.2 Å². The Bertz CT molecular complexity index is 1140. The number of hydrogen-bond donors (Lipinski definition) is 4. The smallest absolute Gasteiger partial charge is 0.200 e. The predicted octanol–water partition coefficient (Wildman–Crippen LogP) is 4.05. The highest BCUT2D eigenvalue weighted by molar-refractivity contribution is 7.71. The van der Waals surface area contributed by atoms with Crippen LogP contribution in [0.5, 0.6) is 11.5 Å². The Balaban J connectivity index is 2.00. The second-order valence-corrected chi connectivity index (χ2v) is 6.16. The summed E-state index contributed by atoms with van der Waals surface area (Å²) < 4.78 is 2.21. The Morgan fingerprint density at radius 2 is 2.00 bits per heavy atom. The zero-order valence-corrected chi connectivity index (χ0v) is 14.3. The number of aromatic nitrogens is 4. The summed E-state index contributed by atoms with van der Waals surface area (Å²) >= 11 is 5.43. The molecule has 0 spiro atoms. The number of hydrogen-bond acceptors (Lipinski definition) is 4. The molecule has 2 aromatic carbocycles. The van der Waals surface area contributed by atoms with Crippen molar-refractivity contribution in [3.8, 4) is 28.6 Å². The van der Waals surface area contributed by atoms with Gasteiger partial charge in [0, 0.05) is 22.7 Å². The lowest BCUT2D eigenvalue weighted by atomic mass is 10.1. The monoisotopic (exact) mass is 352 g/mol. The van der Waals surface area contributed by atoms with Crippen LogP contribution < -0.4 is 0 Å². The predicted molar refractivity (Wildman–Crippen MR) is 98.7 cm³/mol. The quantitative estimate of drug-likeness (QED) is 0.419. The van der Waals surface area contributed by atoms with Crippen molar-refractivity contribution in [1.82, 2.24) is 19.7 Å². The van der Waals surface area contributed by atoms with Crippen LogP contribution in [-0.4, -0.2) is 30.0 Å². The number of aryl methyl sites for hydroxylation is 1. The molecule has 4 rings (SSSR count). The topological polar surface area (TPSA) is 89.9 Å². The summed E-state index contributed by atoms with van der Waals surface area (Å²) in [5, 5.41) is 27.8. The van der Waals surface area contributed by atoms with Gasteiger partial charge in [-0.2, -0.15) is 5.10 Å². The molecular formula is C18H16N4O2S. The third-order valence-electron chi connectivity index (χ3n) is 4.21. The summed E-state index contributed by atoms with van der Waals surface area (Å²) in [7, 11) is 0. The maximum atomic E-state index is 10.2. The SMILES string of the molecule is CCc1cc2c(-n3c(-c4ccc(O)cc4O)n[nH]c3=S)cccc2[nH]1. The molecule has 0 atom stereocenters. The maximum absolute atomic E-state index is 10.2. The van der Waals surface area contributed by atoms with Crippen molar-refractivity contribution in [1.29, 1.82) is 0 Å². The minimum absolute atomic E-state index is 0.0118. The van der Waals surface area contributed by atoms with Crippen LogP contribution in [0.3, 0.4) is 0 Å². The van der Waals surface area contributed by atoms with Crippen LogP contribution in [-0.2, 0) is 6.42 Å². The van der Waals surface area contributed by atoms with E-state index in [-0.39, 0.29) is 11.5 Å². The first-order chi connectivity index (χ1) is 12.1. The number of rotatable bonds is 3. The molecule has 7 heteroatoms. The summed E-state index contributed by atoms with van der Waals surface area (Å²) in [4.78, 5) is 3.38. The number of phenols is 2. The number of benzene rings is 2. The second-order valence-electron chi connectivity index (χ2n) is 5.78. The number of fused-ring (bicyclic) bond motifs is 1. The third kappa shape index (κ3) is 2.49. The Morgan fingerprint density at radius 3 is 2.76 bits per heavy atom. The van der Waals surface area contributed by atoms with E-state index in [1.54, 1.807) is 10.6 Å². The molecule has 0 radical (unpaired) electrons. The van der Waals surface area contributed by atoms with Gasteiger partial charge in [-0.15, -0.1) is 0 Å². The molecule has 0 aliphatic carbocycles. The zero-order valence-electron chi connectivity index (χ0n) is 13.4. The average molecular weight is 352 g/mol. The van der Waals surface area contributed by atoms with Crippen LogP contribution in [0.15, 0.2) is 42.5 Å². The van der Waals surface area contributed by atoms with Crippen LogP contribution in [0.1, 0.15) is 12.6 Å². The van der Waals surface area contributed by atoms with Crippen molar-refractivity contribution in [3.05, 3.63) is 52.9 Å². The summed E-state index contributed by atoms with van der Waals surface area (Å²) in [5.41, 5.74) is 3.49. The number of nitrogens with one attached hydrogen (secondary N) is 2. The molecule has 0 amide bonds. The minimum Gasteiger partial charge on any atom is -0.508 e. The summed E-state index contributed by atoms with van der Waals surface area (Å²) in [6, 6.07) is 12.4. The van der Waals surface area contributed by atoms with Crippen molar-refractivity contribution in [2.24, 2.45) is 0 Å². The van der Waals surface area contributed by atoms with E-state index in [1.807, 2.05) is 18.2 Å². The van der Waals surface area contributed by atoms with Crippen molar-refractivity contribution in [3.63, 3.8) is 0 Å². The van der Waals surface area contributed by atoms with Crippen LogP contribution in [0.4, 0.5) is 0 Å². The Morgan fingerprint density at radius 1 is 1.16 bits per heavy atom. The zero-order chi connectivity index (χ0) is 17.6. The summed E-state index contributed by atoms with van der Waals surface area (Å²) in [6.07, 6.45) is 0.899. The fourth-order valence-electron chi connectivity index (χ4n) is 2.99. The maximum Gasteiger partial charge on any atom is 0.200 e. The van der Waals surface area contributed by atoms with Gasteiger partial charge in [0.05, 0.1) is 11.3 Å². The first kappa shape index (κ1) is 15.5. The van der Waals surface area contributed by atoms with Gasteiger partial charge in [-0.25, -0.2) is 0 Å². The van der Waals surface area contributed by atoms with Crippen molar-refractivity contribution in [2.45, 2.75) is 13.3 Å². The third-order valence-corrected chi connectivity index (χ3v) is 4.49. The molecular weight excluding hydrogens is 336 g/mol. The highest BCUT2D eigenvalue weighted by atomic mass is 32.1. The summed E-state index contributed by atoms with van der Waals surface area (Å²) in [5.74, 6) is 0.405. The normalized spacial score (nSPS) is 11.2. The molecule has 4 aromatic rings. The van der Waals surface area contributed by atoms with E-state index in [1.165, 1.54) is 12.1 Å². The highest BCUT2D eigenvalue weighted by Crippen LogP contribution is 2.34. The molecule has 0 unspecified atom stereocenters. The van der Waals surface area contributed by atoms with E-state index in [2.05, 4.69) is 28.2 Å². The molecule has 4 N–H and O–H groups in total.